The molecule has 1 unspecified atom stereocenters. The van der Waals surface area contributed by atoms with E-state index >= 15 is 0 Å². The monoisotopic (exact) mass is 356 g/mol. The summed E-state index contributed by atoms with van der Waals surface area (Å²) in [5.74, 6) is -1.17. The molecule has 2 aromatic rings. The molecular weight excluding hydrogens is 342 g/mol. The number of aryl methyl sites for hydroxylation is 2. The number of aliphatic hydroxyl groups excluding tert-OH is 1. The molecule has 6 nitrogen and oxygen atoms in total. The van der Waals surface area contributed by atoms with Crippen LogP contribution in [-0.4, -0.2) is 27.8 Å². The van der Waals surface area contributed by atoms with Gasteiger partial charge in [0, 0.05) is 0 Å². The van der Waals surface area contributed by atoms with Gasteiger partial charge in [0.15, 0.2) is 0 Å². The Hall–Kier alpha value is -1.59. The average molecular weight is 356 g/mol. The summed E-state index contributed by atoms with van der Waals surface area (Å²) in [6.07, 6.45) is 0. The van der Waals surface area contributed by atoms with Crippen LogP contribution >= 0.6 is 11.3 Å². The van der Waals surface area contributed by atoms with Crippen molar-refractivity contribution in [3.05, 3.63) is 40.4 Å². The first-order valence-electron chi connectivity index (χ1n) is 6.38. The number of aliphatic hydroxyl groups is 1. The number of nitrogens with zero attached hydrogens (tertiary/aromatic N) is 3. The SMILES string of the molecule is Cc1nc(N=Nc2ccccc2[C]([Cr])(CO)C(=O)O)sc1C. The van der Waals surface area contributed by atoms with Crippen LogP contribution in [0.4, 0.5) is 10.8 Å². The molecule has 0 saturated heterocycles. The fourth-order valence-electron chi connectivity index (χ4n) is 1.77. The van der Waals surface area contributed by atoms with E-state index in [0.29, 0.717) is 16.4 Å². The van der Waals surface area contributed by atoms with E-state index in [1.807, 2.05) is 13.8 Å². The summed E-state index contributed by atoms with van der Waals surface area (Å²) >= 11 is 3.96. The summed E-state index contributed by atoms with van der Waals surface area (Å²) in [5, 5.41) is 27.5. The van der Waals surface area contributed by atoms with Crippen LogP contribution in [0.15, 0.2) is 34.5 Å². The molecule has 1 aromatic carbocycles. The molecule has 0 saturated carbocycles. The first kappa shape index (κ1) is 16.8. The number of hydrogen-bond donors (Lipinski definition) is 2. The zero-order valence-corrected chi connectivity index (χ0v) is 14.1. The minimum absolute atomic E-state index is 0.360. The molecule has 0 radical (unpaired) electrons. The maximum absolute atomic E-state index is 11.5. The molecule has 8 heteroatoms. The Bertz CT molecular complexity index is 712. The minimum atomic E-state index is -1.55. The standard InChI is InChI=1S/C14H14N3O3S.Cr/c1-8-9(2)21-14(15-8)17-16-12-6-4-3-5-10(12)11(7-18)13(19)20;/h3-6,18H,7H2,1-2H3,(H,19,20);. The fraction of sp³-hybridized carbons (Fsp3) is 0.286. The molecule has 115 valence electrons. The van der Waals surface area contributed by atoms with Crippen molar-refractivity contribution in [3.8, 4) is 0 Å². The third-order valence-electron chi connectivity index (χ3n) is 3.17. The van der Waals surface area contributed by atoms with Gasteiger partial charge in [-0.15, -0.1) is 0 Å². The second kappa shape index (κ2) is 6.67. The summed E-state index contributed by atoms with van der Waals surface area (Å²) in [6, 6.07) is 6.68. The van der Waals surface area contributed by atoms with Gasteiger partial charge in [-0.3, -0.25) is 0 Å². The molecule has 2 rings (SSSR count). The predicted octanol–water partition coefficient (Wildman–Crippen LogP) is 2.99. The summed E-state index contributed by atoms with van der Waals surface area (Å²) < 4.78 is -1.55. The Kier molecular flexibility index (Phi) is 5.09. The van der Waals surface area contributed by atoms with E-state index in [9.17, 15) is 15.0 Å². The van der Waals surface area contributed by atoms with Gasteiger partial charge in [-0.1, -0.05) is 0 Å². The fourth-order valence-corrected chi connectivity index (χ4v) is 2.77. The van der Waals surface area contributed by atoms with E-state index in [-0.39, 0.29) is 0 Å². The second-order valence-electron chi connectivity index (χ2n) is 4.65. The molecule has 0 bridgehead atoms. The zero-order valence-electron chi connectivity index (χ0n) is 12.0. The number of carbonyl (C=O) groups is 1. The number of rotatable bonds is 5. The van der Waals surface area contributed by atoms with E-state index in [4.69, 9.17) is 0 Å². The van der Waals surface area contributed by atoms with Crippen LogP contribution in [0, 0.1) is 13.8 Å². The Morgan fingerprint density at radius 2 is 2.05 bits per heavy atom. The van der Waals surface area contributed by atoms with Crippen molar-refractivity contribution < 1.29 is 31.3 Å². The summed E-state index contributed by atoms with van der Waals surface area (Å²) in [7, 11) is 0. The van der Waals surface area contributed by atoms with Crippen LogP contribution in [0.3, 0.4) is 0 Å². The topological polar surface area (TPSA) is 95.1 Å². The molecule has 0 aliphatic heterocycles. The van der Waals surface area contributed by atoms with Gasteiger partial charge in [-0.2, -0.15) is 0 Å². The molecule has 22 heavy (non-hydrogen) atoms. The number of azo groups is 1. The van der Waals surface area contributed by atoms with Crippen molar-refractivity contribution in [2.75, 3.05) is 6.61 Å². The van der Waals surface area contributed by atoms with Crippen LogP contribution in [0.25, 0.3) is 0 Å². The molecule has 1 atom stereocenters. The van der Waals surface area contributed by atoms with Crippen molar-refractivity contribution in [2.24, 2.45) is 10.2 Å². The van der Waals surface area contributed by atoms with E-state index in [1.54, 1.807) is 24.3 Å². The van der Waals surface area contributed by atoms with Crippen LogP contribution in [-0.2, 0) is 25.4 Å². The molecule has 0 aliphatic rings. The van der Waals surface area contributed by atoms with Crippen LogP contribution in [0.1, 0.15) is 16.1 Å². The van der Waals surface area contributed by atoms with Gasteiger partial charge in [0.2, 0.25) is 0 Å². The third kappa shape index (κ3) is 3.26. The van der Waals surface area contributed by atoms with Crippen molar-refractivity contribution in [2.45, 2.75) is 18.1 Å². The number of benzene rings is 1. The summed E-state index contributed by atoms with van der Waals surface area (Å²) in [6.45, 7) is 3.26. The number of aliphatic carboxylic acids is 1. The van der Waals surface area contributed by atoms with Gasteiger partial charge in [-0.05, 0) is 0 Å². The zero-order chi connectivity index (χ0) is 16.3. The molecule has 0 amide bonds. The van der Waals surface area contributed by atoms with E-state index in [1.165, 1.54) is 11.3 Å². The van der Waals surface area contributed by atoms with Crippen LogP contribution < -0.4 is 0 Å². The first-order chi connectivity index (χ1) is 10.4. The molecule has 0 aliphatic carbocycles. The number of carboxylic acids is 1. The second-order valence-corrected chi connectivity index (χ2v) is 6.92. The molecule has 1 aromatic heterocycles. The Morgan fingerprint density at radius 3 is 2.59 bits per heavy atom. The van der Waals surface area contributed by atoms with E-state index < -0.39 is 16.9 Å². The van der Waals surface area contributed by atoms with Crippen molar-refractivity contribution in [3.63, 3.8) is 0 Å². The number of thiazole rings is 1. The van der Waals surface area contributed by atoms with Gasteiger partial charge in [0.1, 0.15) is 0 Å². The Morgan fingerprint density at radius 1 is 1.36 bits per heavy atom. The van der Waals surface area contributed by atoms with Crippen molar-refractivity contribution >= 4 is 28.1 Å². The quantitative estimate of drug-likeness (QED) is 0.805. The summed E-state index contributed by atoms with van der Waals surface area (Å²) in [4.78, 5) is 16.8. The number of carboxylic acid groups (broad SMARTS) is 1. The van der Waals surface area contributed by atoms with Gasteiger partial charge in [0.05, 0.1) is 0 Å². The molecule has 0 fully saturated rings. The first-order valence-corrected chi connectivity index (χ1v) is 7.84. The van der Waals surface area contributed by atoms with Crippen LogP contribution in [0.2, 0.25) is 0 Å². The van der Waals surface area contributed by atoms with Gasteiger partial charge >= 0.3 is 140 Å². The maximum atomic E-state index is 11.5. The third-order valence-corrected chi connectivity index (χ3v) is 4.94. The van der Waals surface area contributed by atoms with Gasteiger partial charge < -0.3 is 0 Å². The van der Waals surface area contributed by atoms with Crippen molar-refractivity contribution in [1.82, 2.24) is 4.98 Å². The van der Waals surface area contributed by atoms with Crippen LogP contribution in [0.5, 0.6) is 0 Å². The van der Waals surface area contributed by atoms with Gasteiger partial charge in [0.25, 0.3) is 0 Å². The average Bonchev–Trinajstić information content (AvgIpc) is 2.83. The molecular formula is C14H14CrN3O3S. The summed E-state index contributed by atoms with van der Waals surface area (Å²) in [5.41, 5.74) is 1.63. The molecule has 2 N–H and O–H groups in total. The van der Waals surface area contributed by atoms with Gasteiger partial charge in [-0.25, -0.2) is 0 Å². The van der Waals surface area contributed by atoms with E-state index in [0.717, 1.165) is 10.6 Å². The Labute approximate surface area is 140 Å². The molecule has 0 spiro atoms. The molecule has 1 heterocycles. The van der Waals surface area contributed by atoms with E-state index in [2.05, 4.69) is 31.5 Å². The predicted molar refractivity (Wildman–Crippen MR) is 78.6 cm³/mol. The van der Waals surface area contributed by atoms with Crippen molar-refractivity contribution in [1.29, 1.82) is 0 Å². The normalized spacial score (nSPS) is 14.1. The number of hydrogen-bond acceptors (Lipinski definition) is 6. The number of aromatic nitrogens is 1. The Balaban J connectivity index is 2.42.